The van der Waals surface area contributed by atoms with E-state index < -0.39 is 36.7 Å². The van der Waals surface area contributed by atoms with Gasteiger partial charge in [-0.1, -0.05) is 29.8 Å². The number of hydrazone groups is 1. The Bertz CT molecular complexity index is 1070. The highest BCUT2D eigenvalue weighted by atomic mass is 16.4. The SMILES string of the molecule is Cc1ccc(C(=O)N/N=C(\C2N=c3ccccc3=NC2=O)C(O)C(O)CO)cc1. The topological polar surface area (TPSA) is 144 Å². The van der Waals surface area contributed by atoms with E-state index in [4.69, 9.17) is 5.11 Å². The molecule has 0 aliphatic carbocycles. The van der Waals surface area contributed by atoms with Gasteiger partial charge >= 0.3 is 0 Å². The second-order valence-electron chi connectivity index (χ2n) is 6.51. The summed E-state index contributed by atoms with van der Waals surface area (Å²) in [6, 6.07) is 12.0. The van der Waals surface area contributed by atoms with Crippen LogP contribution in [0.25, 0.3) is 0 Å². The lowest BCUT2D eigenvalue weighted by Crippen LogP contribution is -2.49. The molecule has 0 saturated carbocycles. The first-order valence-electron chi connectivity index (χ1n) is 8.87. The van der Waals surface area contributed by atoms with E-state index in [-0.39, 0.29) is 5.71 Å². The number of nitrogens with one attached hydrogen (secondary N) is 1. The number of hydrogen-bond donors (Lipinski definition) is 4. The highest BCUT2D eigenvalue weighted by molar-refractivity contribution is 6.11. The summed E-state index contributed by atoms with van der Waals surface area (Å²) in [6.07, 6.45) is -3.36. The number of carbonyl (C=O) groups is 2. The standard InChI is InChI=1S/C20H20N4O5/c1-11-6-8-12(9-7-11)19(28)24-23-16(18(27)15(26)10-25)17-20(29)22-14-5-3-2-4-13(14)21-17/h2-9,15,17-18,25-27H,10H2,1H3,(H,24,28)/b23-16+. The van der Waals surface area contributed by atoms with Gasteiger partial charge in [0.15, 0.2) is 6.04 Å². The van der Waals surface area contributed by atoms with Gasteiger partial charge in [0, 0.05) is 5.56 Å². The third-order valence-electron chi connectivity index (χ3n) is 4.35. The monoisotopic (exact) mass is 396 g/mol. The van der Waals surface area contributed by atoms with Crippen molar-refractivity contribution in [1.82, 2.24) is 5.43 Å². The van der Waals surface area contributed by atoms with Crippen LogP contribution in [-0.4, -0.2) is 57.7 Å². The van der Waals surface area contributed by atoms with Crippen LogP contribution in [-0.2, 0) is 4.79 Å². The number of hydrogen-bond acceptors (Lipinski definition) is 7. The van der Waals surface area contributed by atoms with Gasteiger partial charge in [-0.2, -0.15) is 5.10 Å². The highest BCUT2D eigenvalue weighted by Crippen LogP contribution is 2.09. The van der Waals surface area contributed by atoms with Crippen molar-refractivity contribution in [2.75, 3.05) is 6.61 Å². The van der Waals surface area contributed by atoms with Gasteiger partial charge in [0.25, 0.3) is 11.8 Å². The molecule has 9 heteroatoms. The first-order chi connectivity index (χ1) is 13.9. The Morgan fingerprint density at radius 1 is 1.14 bits per heavy atom. The Hall–Kier alpha value is -3.27. The van der Waals surface area contributed by atoms with E-state index in [9.17, 15) is 19.8 Å². The molecular formula is C20H20N4O5. The molecule has 0 radical (unpaired) electrons. The van der Waals surface area contributed by atoms with Crippen molar-refractivity contribution in [3.05, 3.63) is 70.4 Å². The molecule has 2 aromatic carbocycles. The van der Waals surface area contributed by atoms with E-state index in [1.807, 2.05) is 6.92 Å². The number of aliphatic hydroxyl groups is 3. The van der Waals surface area contributed by atoms with E-state index in [1.54, 1.807) is 48.5 Å². The fourth-order valence-corrected chi connectivity index (χ4v) is 2.71. The van der Waals surface area contributed by atoms with E-state index >= 15 is 0 Å². The Morgan fingerprint density at radius 2 is 1.79 bits per heavy atom. The van der Waals surface area contributed by atoms with Gasteiger partial charge < -0.3 is 15.3 Å². The number of fused-ring (bicyclic) bond motifs is 1. The second-order valence-corrected chi connectivity index (χ2v) is 6.51. The summed E-state index contributed by atoms with van der Waals surface area (Å²) in [4.78, 5) is 33.0. The minimum Gasteiger partial charge on any atom is -0.394 e. The Morgan fingerprint density at radius 3 is 2.45 bits per heavy atom. The summed E-state index contributed by atoms with van der Waals surface area (Å²) < 4.78 is 0. The molecule has 4 N–H and O–H groups in total. The molecule has 0 bridgehead atoms. The zero-order valence-electron chi connectivity index (χ0n) is 15.6. The van der Waals surface area contributed by atoms with Crippen LogP contribution in [0.4, 0.5) is 0 Å². The molecule has 9 nitrogen and oxygen atoms in total. The van der Waals surface area contributed by atoms with Crippen LogP contribution in [0.1, 0.15) is 15.9 Å². The van der Waals surface area contributed by atoms with Gasteiger partial charge in [0.05, 0.1) is 17.3 Å². The third kappa shape index (κ3) is 4.60. The molecule has 150 valence electrons. The average Bonchev–Trinajstić information content (AvgIpc) is 2.73. The largest absolute Gasteiger partial charge is 0.394 e. The van der Waals surface area contributed by atoms with Crippen molar-refractivity contribution in [2.24, 2.45) is 15.1 Å². The maximum Gasteiger partial charge on any atom is 0.277 e. The van der Waals surface area contributed by atoms with Crippen molar-refractivity contribution in [3.8, 4) is 0 Å². The molecule has 1 aliphatic heterocycles. The molecule has 2 aromatic rings. The lowest BCUT2D eigenvalue weighted by atomic mass is 10.0. The minimum atomic E-state index is -1.74. The fourth-order valence-electron chi connectivity index (χ4n) is 2.71. The van der Waals surface area contributed by atoms with Crippen LogP contribution in [0.15, 0.2) is 63.6 Å². The molecule has 0 fully saturated rings. The fraction of sp³-hybridized carbons (Fsp3) is 0.250. The van der Waals surface area contributed by atoms with Crippen LogP contribution in [0.3, 0.4) is 0 Å². The van der Waals surface area contributed by atoms with Crippen LogP contribution in [0.5, 0.6) is 0 Å². The molecule has 3 atom stereocenters. The van der Waals surface area contributed by atoms with Crippen molar-refractivity contribution < 1.29 is 24.9 Å². The molecular weight excluding hydrogens is 376 g/mol. The first-order valence-corrected chi connectivity index (χ1v) is 8.87. The van der Waals surface area contributed by atoms with Gasteiger partial charge in [-0.15, -0.1) is 0 Å². The molecule has 0 saturated heterocycles. The molecule has 3 unspecified atom stereocenters. The number of carbonyl (C=O) groups excluding carboxylic acids is 2. The number of amides is 2. The normalized spacial score (nSPS) is 18.1. The van der Waals surface area contributed by atoms with Crippen LogP contribution in [0, 0.1) is 6.92 Å². The molecule has 2 amide bonds. The van der Waals surface area contributed by atoms with Gasteiger partial charge in [-0.25, -0.2) is 10.4 Å². The number of nitrogens with zero attached hydrogens (tertiary/aromatic N) is 3. The summed E-state index contributed by atoms with van der Waals surface area (Å²) in [5.41, 5.74) is 3.23. The quantitative estimate of drug-likeness (QED) is 0.352. The summed E-state index contributed by atoms with van der Waals surface area (Å²) in [5.74, 6) is -1.29. The summed E-state index contributed by atoms with van der Waals surface area (Å²) in [6.45, 7) is 1.10. The number of benzene rings is 2. The summed E-state index contributed by atoms with van der Waals surface area (Å²) in [5, 5.41) is 34.0. The van der Waals surface area contributed by atoms with Gasteiger partial charge in [0.2, 0.25) is 0 Å². The molecule has 1 heterocycles. The van der Waals surface area contributed by atoms with Gasteiger partial charge in [0.1, 0.15) is 17.9 Å². The first kappa shape index (κ1) is 20.5. The van der Waals surface area contributed by atoms with E-state index in [0.717, 1.165) is 5.56 Å². The Kier molecular flexibility index (Phi) is 6.23. The lowest BCUT2D eigenvalue weighted by molar-refractivity contribution is -0.118. The molecule has 3 rings (SSSR count). The van der Waals surface area contributed by atoms with Crippen LogP contribution in [0.2, 0.25) is 0 Å². The average molecular weight is 396 g/mol. The number of para-hydroxylation sites is 2. The van der Waals surface area contributed by atoms with Crippen LogP contribution >= 0.6 is 0 Å². The Labute approximate surface area is 165 Å². The predicted octanol–water partition coefficient (Wildman–Crippen LogP) is -1.36. The van der Waals surface area contributed by atoms with E-state index in [1.165, 1.54) is 0 Å². The van der Waals surface area contributed by atoms with Gasteiger partial charge in [-0.05, 0) is 31.2 Å². The smallest absolute Gasteiger partial charge is 0.277 e. The zero-order valence-corrected chi connectivity index (χ0v) is 15.6. The predicted molar refractivity (Wildman–Crippen MR) is 103 cm³/mol. The zero-order chi connectivity index (χ0) is 21.0. The molecule has 0 aromatic heterocycles. The van der Waals surface area contributed by atoms with Crippen molar-refractivity contribution in [3.63, 3.8) is 0 Å². The number of aliphatic hydroxyl groups excluding tert-OH is 3. The van der Waals surface area contributed by atoms with Crippen LogP contribution < -0.4 is 16.1 Å². The Balaban J connectivity index is 1.95. The molecule has 0 spiro atoms. The van der Waals surface area contributed by atoms with Crippen molar-refractivity contribution in [2.45, 2.75) is 25.2 Å². The number of rotatable bonds is 6. The van der Waals surface area contributed by atoms with E-state index in [0.29, 0.717) is 16.3 Å². The maximum absolute atomic E-state index is 12.5. The van der Waals surface area contributed by atoms with Crippen molar-refractivity contribution in [1.29, 1.82) is 0 Å². The van der Waals surface area contributed by atoms with E-state index in [2.05, 4.69) is 20.5 Å². The lowest BCUT2D eigenvalue weighted by Gasteiger charge is -2.22. The highest BCUT2D eigenvalue weighted by Gasteiger charge is 2.34. The maximum atomic E-state index is 12.5. The summed E-state index contributed by atoms with van der Waals surface area (Å²) >= 11 is 0. The second kappa shape index (κ2) is 8.82. The molecule has 29 heavy (non-hydrogen) atoms. The number of aryl methyl sites for hydroxylation is 1. The minimum absolute atomic E-state index is 0.317. The van der Waals surface area contributed by atoms with Gasteiger partial charge in [-0.3, -0.25) is 14.6 Å². The molecule has 1 aliphatic rings. The third-order valence-corrected chi connectivity index (χ3v) is 4.35. The summed E-state index contributed by atoms with van der Waals surface area (Å²) in [7, 11) is 0. The van der Waals surface area contributed by atoms with Crippen molar-refractivity contribution >= 4 is 17.5 Å².